The zero-order chi connectivity index (χ0) is 17.5. The largest absolute Gasteiger partial charge is 0.319 e. The van der Waals surface area contributed by atoms with Crippen molar-refractivity contribution in [2.75, 3.05) is 11.9 Å². The summed E-state index contributed by atoms with van der Waals surface area (Å²) in [7, 11) is 0. The van der Waals surface area contributed by atoms with Crippen LogP contribution in [0.2, 0.25) is 0 Å². The Kier molecular flexibility index (Phi) is 6.03. The van der Waals surface area contributed by atoms with Gasteiger partial charge in [0, 0.05) is 18.7 Å². The number of nitrogens with one attached hydrogen (secondary N) is 1. The van der Waals surface area contributed by atoms with Gasteiger partial charge in [0.05, 0.1) is 11.5 Å². The van der Waals surface area contributed by atoms with Gasteiger partial charge in [-0.05, 0) is 25.5 Å². The van der Waals surface area contributed by atoms with Gasteiger partial charge in [-0.25, -0.2) is 0 Å². The van der Waals surface area contributed by atoms with Crippen LogP contribution in [0, 0.1) is 10.1 Å². The summed E-state index contributed by atoms with van der Waals surface area (Å²) in [6.07, 6.45) is 0. The van der Waals surface area contributed by atoms with E-state index in [9.17, 15) is 14.9 Å². The SMILES string of the molecule is CC(C)N(CC(=O)Nc1ccccc1[N+](=O)[O-])Cc1ccccc1. The fourth-order valence-electron chi connectivity index (χ4n) is 2.35. The molecule has 0 saturated heterocycles. The Morgan fingerprint density at radius 3 is 2.38 bits per heavy atom. The molecule has 0 bridgehead atoms. The van der Waals surface area contributed by atoms with E-state index >= 15 is 0 Å². The predicted octanol–water partition coefficient (Wildman–Crippen LogP) is 3.44. The van der Waals surface area contributed by atoms with Gasteiger partial charge in [-0.15, -0.1) is 0 Å². The third-order valence-corrected chi connectivity index (χ3v) is 3.68. The average molecular weight is 327 g/mol. The molecule has 0 aliphatic rings. The van der Waals surface area contributed by atoms with Crippen LogP contribution in [0.25, 0.3) is 0 Å². The van der Waals surface area contributed by atoms with Crippen LogP contribution in [0.3, 0.4) is 0 Å². The standard InChI is InChI=1S/C18H21N3O3/c1-14(2)20(12-15-8-4-3-5-9-15)13-18(22)19-16-10-6-7-11-17(16)21(23)24/h3-11,14H,12-13H2,1-2H3,(H,19,22). The van der Waals surface area contributed by atoms with Crippen LogP contribution in [-0.2, 0) is 11.3 Å². The molecular weight excluding hydrogens is 306 g/mol. The van der Waals surface area contributed by atoms with E-state index in [-0.39, 0.29) is 29.9 Å². The highest BCUT2D eigenvalue weighted by Gasteiger charge is 2.18. The molecule has 0 radical (unpaired) electrons. The Bertz CT molecular complexity index is 702. The molecule has 0 unspecified atom stereocenters. The van der Waals surface area contributed by atoms with Crippen molar-refractivity contribution in [3.05, 3.63) is 70.3 Å². The molecule has 2 rings (SSSR count). The summed E-state index contributed by atoms with van der Waals surface area (Å²) < 4.78 is 0. The molecule has 0 fully saturated rings. The normalized spacial score (nSPS) is 10.8. The lowest BCUT2D eigenvalue weighted by Crippen LogP contribution is -2.37. The van der Waals surface area contributed by atoms with Crippen molar-refractivity contribution in [2.24, 2.45) is 0 Å². The molecule has 0 spiro atoms. The number of hydrogen-bond donors (Lipinski definition) is 1. The molecule has 2 aromatic rings. The van der Waals surface area contributed by atoms with Gasteiger partial charge in [-0.3, -0.25) is 19.8 Å². The zero-order valence-corrected chi connectivity index (χ0v) is 13.8. The minimum atomic E-state index is -0.500. The minimum Gasteiger partial charge on any atom is -0.319 e. The number of nitro groups is 1. The zero-order valence-electron chi connectivity index (χ0n) is 13.8. The van der Waals surface area contributed by atoms with Gasteiger partial charge >= 0.3 is 0 Å². The van der Waals surface area contributed by atoms with E-state index in [1.807, 2.05) is 49.1 Å². The first-order valence-corrected chi connectivity index (χ1v) is 7.78. The molecule has 1 amide bonds. The molecule has 0 saturated carbocycles. The van der Waals surface area contributed by atoms with Crippen molar-refractivity contribution < 1.29 is 9.72 Å². The third-order valence-electron chi connectivity index (χ3n) is 3.68. The van der Waals surface area contributed by atoms with Crippen molar-refractivity contribution in [3.63, 3.8) is 0 Å². The summed E-state index contributed by atoms with van der Waals surface area (Å²) in [5, 5.41) is 13.7. The highest BCUT2D eigenvalue weighted by Crippen LogP contribution is 2.23. The van der Waals surface area contributed by atoms with Gasteiger partial charge in [0.1, 0.15) is 5.69 Å². The first-order chi connectivity index (χ1) is 11.5. The van der Waals surface area contributed by atoms with Crippen LogP contribution in [0.15, 0.2) is 54.6 Å². The molecule has 24 heavy (non-hydrogen) atoms. The molecule has 126 valence electrons. The smallest absolute Gasteiger partial charge is 0.292 e. The number of para-hydroxylation sites is 2. The molecule has 6 heteroatoms. The summed E-state index contributed by atoms with van der Waals surface area (Å²) in [5.74, 6) is -0.270. The van der Waals surface area contributed by atoms with Gasteiger partial charge in [0.25, 0.3) is 5.69 Å². The quantitative estimate of drug-likeness (QED) is 0.624. The lowest BCUT2D eigenvalue weighted by Gasteiger charge is -2.25. The summed E-state index contributed by atoms with van der Waals surface area (Å²) in [4.78, 5) is 24.8. The number of carbonyl (C=O) groups excluding carboxylic acids is 1. The number of benzene rings is 2. The van der Waals surface area contributed by atoms with E-state index in [2.05, 4.69) is 5.32 Å². The molecule has 0 heterocycles. The van der Waals surface area contributed by atoms with E-state index in [1.165, 1.54) is 12.1 Å². The highest BCUT2D eigenvalue weighted by molar-refractivity contribution is 5.94. The van der Waals surface area contributed by atoms with Gasteiger partial charge in [0.2, 0.25) is 5.91 Å². The maximum absolute atomic E-state index is 12.3. The Balaban J connectivity index is 2.05. The third kappa shape index (κ3) is 4.89. The molecule has 0 aliphatic carbocycles. The summed E-state index contributed by atoms with van der Waals surface area (Å²) in [6.45, 7) is 4.84. The van der Waals surface area contributed by atoms with E-state index in [1.54, 1.807) is 12.1 Å². The number of carbonyl (C=O) groups is 1. The van der Waals surface area contributed by atoms with Crippen molar-refractivity contribution in [1.29, 1.82) is 0 Å². The van der Waals surface area contributed by atoms with Crippen LogP contribution >= 0.6 is 0 Å². The Morgan fingerprint density at radius 2 is 1.75 bits per heavy atom. The molecular formula is C18H21N3O3. The topological polar surface area (TPSA) is 75.5 Å². The number of nitro benzene ring substituents is 1. The second kappa shape index (κ2) is 8.21. The summed E-state index contributed by atoms with van der Waals surface area (Å²) in [6, 6.07) is 16.2. The molecule has 0 aromatic heterocycles. The number of hydrogen-bond acceptors (Lipinski definition) is 4. The van der Waals surface area contributed by atoms with Crippen molar-refractivity contribution in [2.45, 2.75) is 26.4 Å². The van der Waals surface area contributed by atoms with Crippen molar-refractivity contribution in [3.8, 4) is 0 Å². The Labute approximate surface area is 141 Å². The van der Waals surface area contributed by atoms with Crippen LogP contribution in [0.5, 0.6) is 0 Å². The number of rotatable bonds is 7. The van der Waals surface area contributed by atoms with Crippen LogP contribution < -0.4 is 5.32 Å². The van der Waals surface area contributed by atoms with E-state index < -0.39 is 4.92 Å². The molecule has 2 aromatic carbocycles. The second-order valence-electron chi connectivity index (χ2n) is 5.81. The van der Waals surface area contributed by atoms with E-state index in [0.29, 0.717) is 6.54 Å². The van der Waals surface area contributed by atoms with Gasteiger partial charge in [0.15, 0.2) is 0 Å². The molecule has 1 N–H and O–H groups in total. The number of anilines is 1. The fourth-order valence-corrected chi connectivity index (χ4v) is 2.35. The minimum absolute atomic E-state index is 0.106. The molecule has 0 atom stereocenters. The lowest BCUT2D eigenvalue weighted by molar-refractivity contribution is -0.383. The van der Waals surface area contributed by atoms with Crippen LogP contribution in [0.4, 0.5) is 11.4 Å². The predicted molar refractivity (Wildman–Crippen MR) is 93.7 cm³/mol. The van der Waals surface area contributed by atoms with Gasteiger partial charge in [-0.2, -0.15) is 0 Å². The number of nitrogens with zero attached hydrogens (tertiary/aromatic N) is 2. The van der Waals surface area contributed by atoms with Crippen molar-refractivity contribution in [1.82, 2.24) is 4.90 Å². The Hall–Kier alpha value is -2.73. The lowest BCUT2D eigenvalue weighted by atomic mass is 10.2. The maximum Gasteiger partial charge on any atom is 0.292 e. The fraction of sp³-hybridized carbons (Fsp3) is 0.278. The first-order valence-electron chi connectivity index (χ1n) is 7.78. The van der Waals surface area contributed by atoms with E-state index in [4.69, 9.17) is 0 Å². The van der Waals surface area contributed by atoms with E-state index in [0.717, 1.165) is 5.56 Å². The Morgan fingerprint density at radius 1 is 1.12 bits per heavy atom. The van der Waals surface area contributed by atoms with Crippen LogP contribution in [-0.4, -0.2) is 28.3 Å². The molecule has 6 nitrogen and oxygen atoms in total. The average Bonchev–Trinajstić information content (AvgIpc) is 2.55. The number of amides is 1. The maximum atomic E-state index is 12.3. The summed E-state index contributed by atoms with van der Waals surface area (Å²) >= 11 is 0. The second-order valence-corrected chi connectivity index (χ2v) is 5.81. The summed E-state index contributed by atoms with van der Waals surface area (Å²) in [5.41, 5.74) is 1.23. The van der Waals surface area contributed by atoms with Gasteiger partial charge < -0.3 is 5.32 Å². The monoisotopic (exact) mass is 327 g/mol. The molecule has 0 aliphatic heterocycles. The van der Waals surface area contributed by atoms with Crippen LogP contribution in [0.1, 0.15) is 19.4 Å². The van der Waals surface area contributed by atoms with Crippen molar-refractivity contribution >= 4 is 17.3 Å². The first kappa shape index (κ1) is 17.6. The van der Waals surface area contributed by atoms with Gasteiger partial charge in [-0.1, -0.05) is 42.5 Å². The highest BCUT2D eigenvalue weighted by atomic mass is 16.6.